The van der Waals surface area contributed by atoms with E-state index in [1.165, 1.54) is 89.9 Å². The Hall–Kier alpha value is -6.10. The molecular weight excluding hydrogens is 945 g/mol. The maximum Gasteiger partial charge on any atom is 2.00 e. The molecule has 71 heavy (non-hydrogen) atoms. The van der Waals surface area contributed by atoms with E-state index < -0.39 is 0 Å². The third-order valence-electron chi connectivity index (χ3n) is 12.7. The smallest absolute Gasteiger partial charge is 0.487 e. The molecular formula is C53H63N11NiO6. The Labute approximate surface area is 424 Å². The molecule has 0 fully saturated rings. The quantitative estimate of drug-likeness (QED) is 0.0616. The van der Waals surface area contributed by atoms with E-state index in [0.717, 1.165) is 35.1 Å². The van der Waals surface area contributed by atoms with Crippen LogP contribution in [-0.2, 0) is 30.7 Å². The zero-order chi connectivity index (χ0) is 47.7. The molecule has 0 N–H and O–H groups in total. The zero-order valence-electron chi connectivity index (χ0n) is 40.6. The average molecular weight is 1010 g/mol. The van der Waals surface area contributed by atoms with E-state index >= 15 is 0 Å². The van der Waals surface area contributed by atoms with E-state index in [-0.39, 0.29) is 60.6 Å². The van der Waals surface area contributed by atoms with Crippen molar-refractivity contribution in [1.82, 2.24) is 55.0 Å². The first-order chi connectivity index (χ1) is 34.6. The Balaban J connectivity index is 0.00000676. The number of aromatic nitrogens is 10. The van der Waals surface area contributed by atoms with Crippen LogP contribution < -0.4 is 19.4 Å². The summed E-state index contributed by atoms with van der Waals surface area (Å²) in [4.78, 5) is 53.3. The summed E-state index contributed by atoms with van der Waals surface area (Å²) in [6.45, 7) is 5.02. The number of unbranched alkanes of at least 4 members (excludes halogenated alkanes) is 15. The van der Waals surface area contributed by atoms with Gasteiger partial charge in [0, 0.05) is 46.6 Å². The molecule has 0 spiro atoms. The minimum absolute atomic E-state index is 0. The Kier molecular flexibility index (Phi) is 19.0. The van der Waals surface area contributed by atoms with Gasteiger partial charge in [-0.1, -0.05) is 152 Å². The number of ether oxygens (including phenoxy) is 5. The Morgan fingerprint density at radius 1 is 0.521 bits per heavy atom. The summed E-state index contributed by atoms with van der Waals surface area (Å²) in [5, 5.41) is 9.64. The fourth-order valence-electron chi connectivity index (χ4n) is 8.95. The first-order valence-electron chi connectivity index (χ1n) is 25.4. The maximum atomic E-state index is 13.2. The van der Waals surface area contributed by atoms with Crippen molar-refractivity contribution in [2.24, 2.45) is 0 Å². The molecule has 3 aromatic carbocycles. The van der Waals surface area contributed by atoms with Crippen LogP contribution in [0.25, 0.3) is 79.2 Å². The van der Waals surface area contributed by atoms with E-state index in [4.69, 9.17) is 48.6 Å². The molecule has 3 aliphatic rings. The normalized spacial score (nSPS) is 14.0. The molecule has 6 heterocycles. The van der Waals surface area contributed by atoms with Crippen molar-refractivity contribution in [1.29, 1.82) is 0 Å². The second-order valence-corrected chi connectivity index (χ2v) is 17.9. The number of hydrogen-bond acceptors (Lipinski definition) is 14. The molecule has 8 bridgehead atoms. The Bertz CT molecular complexity index is 2700. The SMILES string of the molecule is CCCCCCCCCCCCCCCCCCOC(=O)N1CCOCCOc2cc3c4nc5nc(nc6nnc(nc7nc(nc([n-]4)c3cc2OCCOCC1)-c1ccccc1-7)[n-]6)-c1ccccc1-5.[Ni+2]. The number of fused-ring (bicyclic) bond motifs is 18. The zero-order valence-corrected chi connectivity index (χ0v) is 41.6. The molecule has 0 atom stereocenters. The van der Waals surface area contributed by atoms with Gasteiger partial charge in [0.15, 0.2) is 11.5 Å². The first-order valence-corrected chi connectivity index (χ1v) is 25.4. The number of hydrogen-bond donors (Lipinski definition) is 0. The summed E-state index contributed by atoms with van der Waals surface area (Å²) in [5.74, 6) is 2.76. The van der Waals surface area contributed by atoms with Crippen LogP contribution in [0.4, 0.5) is 4.79 Å². The summed E-state index contributed by atoms with van der Waals surface area (Å²) in [7, 11) is 0. The fraction of sp³-hybridized carbons (Fsp3) is 0.491. The van der Waals surface area contributed by atoms with Gasteiger partial charge in [0.05, 0.1) is 44.7 Å². The minimum atomic E-state index is -0.354. The Morgan fingerprint density at radius 3 is 1.37 bits per heavy atom. The number of benzene rings is 3. The van der Waals surface area contributed by atoms with Crippen LogP contribution in [0.1, 0.15) is 110 Å². The van der Waals surface area contributed by atoms with Crippen molar-refractivity contribution >= 4 is 39.7 Å². The third kappa shape index (κ3) is 13.7. The minimum Gasteiger partial charge on any atom is -0.487 e. The summed E-state index contributed by atoms with van der Waals surface area (Å²) in [5.41, 5.74) is 3.80. The van der Waals surface area contributed by atoms with E-state index in [1.807, 2.05) is 60.7 Å². The molecule has 9 rings (SSSR count). The number of rotatable bonds is 17. The predicted molar refractivity (Wildman–Crippen MR) is 267 cm³/mol. The van der Waals surface area contributed by atoms with Crippen molar-refractivity contribution < 1.29 is 45.0 Å². The van der Waals surface area contributed by atoms with E-state index in [1.54, 1.807) is 4.90 Å². The van der Waals surface area contributed by atoms with Crippen LogP contribution in [0.3, 0.4) is 0 Å². The van der Waals surface area contributed by atoms with Gasteiger partial charge in [-0.05, 0) is 29.3 Å². The number of amides is 1. The van der Waals surface area contributed by atoms with Gasteiger partial charge >= 0.3 is 22.6 Å². The molecule has 376 valence electrons. The van der Waals surface area contributed by atoms with Gasteiger partial charge in [-0.2, -0.15) is 0 Å². The van der Waals surface area contributed by atoms with Crippen molar-refractivity contribution in [3.05, 3.63) is 60.7 Å². The molecule has 0 saturated carbocycles. The van der Waals surface area contributed by atoms with Crippen molar-refractivity contribution in [3.8, 4) is 57.1 Å². The van der Waals surface area contributed by atoms with Gasteiger partial charge in [-0.15, -0.1) is 0 Å². The second-order valence-electron chi connectivity index (χ2n) is 17.9. The first kappa shape index (κ1) is 51.3. The standard InChI is InChI=1S/C53H63N11O6.Ni/c1-2-3-4-5-6-7-8-9-10-11-12-13-14-15-16-21-28-70-53(65)64-26-29-66-31-33-68-43-35-41-42(36-44(43)69-34-32-67-30-27-64)50-57-46-38-23-18-20-25-40(38)48(55-46)60-52-61-51(62-63-52)59-47-39-24-19-17-22-37(39)45(54-47)56-49(41)58-50;/h17-20,22-25,35-36H,2-16,21,26-34H2,1H3;/q-2;+2. The van der Waals surface area contributed by atoms with Gasteiger partial charge in [-0.25, -0.2) is 25.0 Å². The fourth-order valence-corrected chi connectivity index (χ4v) is 8.95. The molecule has 0 radical (unpaired) electrons. The summed E-state index contributed by atoms with van der Waals surface area (Å²) >= 11 is 0. The molecule has 0 unspecified atom stereocenters. The van der Waals surface area contributed by atoms with Gasteiger partial charge in [-0.3, -0.25) is 15.0 Å². The monoisotopic (exact) mass is 1010 g/mol. The van der Waals surface area contributed by atoms with Crippen molar-refractivity contribution in [2.45, 2.75) is 110 Å². The van der Waals surface area contributed by atoms with Gasteiger partial charge in [0.1, 0.15) is 36.4 Å². The topological polar surface area (TPSA) is 198 Å². The average Bonchev–Trinajstić information content (AvgIpc) is 4.14. The summed E-state index contributed by atoms with van der Waals surface area (Å²) < 4.78 is 30.4. The molecule has 1 amide bonds. The molecule has 3 aliphatic heterocycles. The van der Waals surface area contributed by atoms with Crippen LogP contribution in [0, 0.1) is 0 Å². The molecule has 0 saturated heterocycles. The van der Waals surface area contributed by atoms with Crippen LogP contribution in [0.15, 0.2) is 60.7 Å². The van der Waals surface area contributed by atoms with Gasteiger partial charge in [0.2, 0.25) is 0 Å². The van der Waals surface area contributed by atoms with Crippen LogP contribution in [0.5, 0.6) is 11.5 Å². The summed E-state index contributed by atoms with van der Waals surface area (Å²) in [6.07, 6.45) is 20.4. The molecule has 3 aromatic heterocycles. The molecule has 17 nitrogen and oxygen atoms in total. The van der Waals surface area contributed by atoms with Gasteiger partial charge in [0.25, 0.3) is 0 Å². The van der Waals surface area contributed by atoms with Crippen molar-refractivity contribution in [2.75, 3.05) is 59.3 Å². The van der Waals surface area contributed by atoms with Crippen molar-refractivity contribution in [3.63, 3.8) is 0 Å². The van der Waals surface area contributed by atoms with E-state index in [2.05, 4.69) is 32.1 Å². The number of carbonyl (C=O) groups is 1. The van der Waals surface area contributed by atoms with E-state index in [0.29, 0.717) is 89.8 Å². The van der Waals surface area contributed by atoms with Gasteiger partial charge < -0.3 is 43.5 Å². The number of nitrogens with zero attached hydrogens (tertiary/aromatic N) is 11. The van der Waals surface area contributed by atoms with E-state index in [9.17, 15) is 4.79 Å². The van der Waals surface area contributed by atoms with Crippen LogP contribution in [-0.4, -0.2) is 110 Å². The molecule has 18 heteroatoms. The molecule has 6 aromatic rings. The third-order valence-corrected chi connectivity index (χ3v) is 12.7. The predicted octanol–water partition coefficient (Wildman–Crippen LogP) is 10.3. The van der Waals surface area contributed by atoms with Crippen LogP contribution in [0.2, 0.25) is 0 Å². The second kappa shape index (κ2) is 26.4. The Morgan fingerprint density at radius 2 is 0.930 bits per heavy atom. The maximum absolute atomic E-state index is 13.2. The largest absolute Gasteiger partial charge is 2.00 e. The number of carbonyl (C=O) groups excluding carboxylic acids is 1. The van der Waals surface area contributed by atoms with Crippen LogP contribution >= 0.6 is 0 Å². The molecule has 0 aliphatic carbocycles. The summed E-state index contributed by atoms with van der Waals surface area (Å²) in [6, 6.07) is 19.1.